The summed E-state index contributed by atoms with van der Waals surface area (Å²) >= 11 is 0. The van der Waals surface area contributed by atoms with Crippen LogP contribution in [0, 0.1) is 0 Å². The van der Waals surface area contributed by atoms with E-state index in [-0.39, 0.29) is 5.95 Å². The van der Waals surface area contributed by atoms with Crippen molar-refractivity contribution in [2.24, 2.45) is 0 Å². The topological polar surface area (TPSA) is 87.0 Å². The van der Waals surface area contributed by atoms with Crippen molar-refractivity contribution in [3.8, 4) is 5.75 Å². The zero-order valence-corrected chi connectivity index (χ0v) is 9.55. The molecule has 0 fully saturated rings. The van der Waals surface area contributed by atoms with Crippen LogP contribution >= 0.6 is 0 Å². The van der Waals surface area contributed by atoms with Crippen LogP contribution in [0.1, 0.15) is 11.3 Å². The molecule has 88 valence electrons. The maximum atomic E-state index is 5.79. The molecule has 2 aromatic rings. The molecule has 17 heavy (non-hydrogen) atoms. The Balaban J connectivity index is 2.22. The third kappa shape index (κ3) is 2.63. The van der Waals surface area contributed by atoms with Crippen molar-refractivity contribution in [2.75, 3.05) is 18.6 Å². The van der Waals surface area contributed by atoms with Gasteiger partial charge in [0.15, 0.2) is 0 Å². The molecule has 1 aromatic heterocycles. The highest BCUT2D eigenvalue weighted by Crippen LogP contribution is 2.17. The van der Waals surface area contributed by atoms with Gasteiger partial charge in [0.2, 0.25) is 5.95 Å². The van der Waals surface area contributed by atoms with E-state index in [2.05, 4.69) is 9.97 Å². The lowest BCUT2D eigenvalue weighted by Gasteiger charge is -2.06. The summed E-state index contributed by atoms with van der Waals surface area (Å²) in [6.45, 7) is 0. The number of hydrogen-bond acceptors (Lipinski definition) is 5. The van der Waals surface area contributed by atoms with Crippen LogP contribution < -0.4 is 16.2 Å². The van der Waals surface area contributed by atoms with E-state index >= 15 is 0 Å². The van der Waals surface area contributed by atoms with Gasteiger partial charge in [-0.1, -0.05) is 12.1 Å². The van der Waals surface area contributed by atoms with E-state index in [1.165, 1.54) is 6.20 Å². The Labute approximate surface area is 99.5 Å². The molecule has 1 aromatic carbocycles. The standard InChI is InChI=1S/C12H14N4O/c1-17-9-4-2-8(3-5-9)6-11-10(13)7-15-12(14)16-11/h2-5,7H,6,13H2,1H3,(H2,14,15,16). The third-order valence-corrected chi connectivity index (χ3v) is 2.45. The van der Waals surface area contributed by atoms with E-state index < -0.39 is 0 Å². The Hall–Kier alpha value is -2.30. The van der Waals surface area contributed by atoms with Gasteiger partial charge in [-0.05, 0) is 17.7 Å². The summed E-state index contributed by atoms with van der Waals surface area (Å²) in [5.41, 5.74) is 13.7. The van der Waals surface area contributed by atoms with Crippen LogP contribution in [0.15, 0.2) is 30.5 Å². The number of aromatic nitrogens is 2. The summed E-state index contributed by atoms with van der Waals surface area (Å²) in [6.07, 6.45) is 2.16. The van der Waals surface area contributed by atoms with Crippen molar-refractivity contribution in [1.82, 2.24) is 9.97 Å². The predicted octanol–water partition coefficient (Wildman–Crippen LogP) is 1.24. The number of rotatable bonds is 3. The van der Waals surface area contributed by atoms with Crippen LogP contribution in [-0.4, -0.2) is 17.1 Å². The second-order valence-corrected chi connectivity index (χ2v) is 3.66. The minimum Gasteiger partial charge on any atom is -0.497 e. The molecule has 1 heterocycles. The summed E-state index contributed by atoms with van der Waals surface area (Å²) in [6, 6.07) is 7.74. The van der Waals surface area contributed by atoms with Gasteiger partial charge in [0.05, 0.1) is 24.7 Å². The molecule has 0 saturated carbocycles. The third-order valence-electron chi connectivity index (χ3n) is 2.45. The fourth-order valence-electron chi connectivity index (χ4n) is 1.52. The minimum absolute atomic E-state index is 0.239. The molecule has 0 radical (unpaired) electrons. The summed E-state index contributed by atoms with van der Waals surface area (Å²) < 4.78 is 5.09. The molecule has 0 amide bonds. The highest BCUT2D eigenvalue weighted by molar-refractivity contribution is 5.45. The molecule has 0 aliphatic heterocycles. The van der Waals surface area contributed by atoms with Crippen LogP contribution in [0.2, 0.25) is 0 Å². The summed E-state index contributed by atoms with van der Waals surface area (Å²) in [5.74, 6) is 1.06. The van der Waals surface area contributed by atoms with Crippen molar-refractivity contribution in [3.05, 3.63) is 41.7 Å². The summed E-state index contributed by atoms with van der Waals surface area (Å²) in [5, 5.41) is 0. The first-order valence-electron chi connectivity index (χ1n) is 5.19. The molecule has 0 saturated heterocycles. The molecule has 0 aliphatic carbocycles. The van der Waals surface area contributed by atoms with Gasteiger partial charge in [-0.2, -0.15) is 0 Å². The number of anilines is 2. The fraction of sp³-hybridized carbons (Fsp3) is 0.167. The highest BCUT2D eigenvalue weighted by Gasteiger charge is 2.04. The number of nitrogen functional groups attached to an aromatic ring is 2. The number of nitrogens with zero attached hydrogens (tertiary/aromatic N) is 2. The molecular formula is C12H14N4O. The summed E-state index contributed by atoms with van der Waals surface area (Å²) in [7, 11) is 1.64. The molecule has 5 nitrogen and oxygen atoms in total. The van der Waals surface area contributed by atoms with Crippen molar-refractivity contribution >= 4 is 11.6 Å². The first kappa shape index (κ1) is 11.2. The average Bonchev–Trinajstić information content (AvgIpc) is 2.35. The molecule has 4 N–H and O–H groups in total. The van der Waals surface area contributed by atoms with Gasteiger partial charge in [-0.3, -0.25) is 0 Å². The lowest BCUT2D eigenvalue weighted by atomic mass is 10.1. The van der Waals surface area contributed by atoms with Gasteiger partial charge < -0.3 is 16.2 Å². The van der Waals surface area contributed by atoms with Gasteiger partial charge in [-0.25, -0.2) is 9.97 Å². The maximum Gasteiger partial charge on any atom is 0.220 e. The van der Waals surface area contributed by atoms with E-state index in [0.29, 0.717) is 12.1 Å². The van der Waals surface area contributed by atoms with E-state index in [1.807, 2.05) is 24.3 Å². The molecule has 5 heteroatoms. The van der Waals surface area contributed by atoms with Crippen LogP contribution in [-0.2, 0) is 6.42 Å². The Morgan fingerprint density at radius 2 is 1.88 bits per heavy atom. The molecule has 0 atom stereocenters. The molecule has 0 unspecified atom stereocenters. The SMILES string of the molecule is COc1ccc(Cc2nc(N)ncc2N)cc1. The fourth-order valence-corrected chi connectivity index (χ4v) is 1.52. The molecule has 0 bridgehead atoms. The van der Waals surface area contributed by atoms with E-state index in [0.717, 1.165) is 17.0 Å². The Morgan fingerprint density at radius 1 is 1.18 bits per heavy atom. The molecular weight excluding hydrogens is 216 g/mol. The zero-order valence-electron chi connectivity index (χ0n) is 9.55. The van der Waals surface area contributed by atoms with Gasteiger partial charge in [0.25, 0.3) is 0 Å². The number of benzene rings is 1. The number of methoxy groups -OCH3 is 1. The van der Waals surface area contributed by atoms with Gasteiger partial charge in [0.1, 0.15) is 5.75 Å². The highest BCUT2D eigenvalue weighted by atomic mass is 16.5. The second kappa shape index (κ2) is 4.69. The Morgan fingerprint density at radius 3 is 2.53 bits per heavy atom. The number of hydrogen-bond donors (Lipinski definition) is 2. The smallest absolute Gasteiger partial charge is 0.220 e. The Kier molecular flexibility index (Phi) is 3.09. The van der Waals surface area contributed by atoms with Gasteiger partial charge >= 0.3 is 0 Å². The van der Waals surface area contributed by atoms with Crippen LogP contribution in [0.25, 0.3) is 0 Å². The lowest BCUT2D eigenvalue weighted by molar-refractivity contribution is 0.414. The first-order valence-corrected chi connectivity index (χ1v) is 5.19. The maximum absolute atomic E-state index is 5.79. The van der Waals surface area contributed by atoms with Gasteiger partial charge in [-0.15, -0.1) is 0 Å². The van der Waals surface area contributed by atoms with Gasteiger partial charge in [0, 0.05) is 6.42 Å². The van der Waals surface area contributed by atoms with E-state index in [9.17, 15) is 0 Å². The van der Waals surface area contributed by atoms with Crippen LogP contribution in [0.5, 0.6) is 5.75 Å². The normalized spacial score (nSPS) is 10.2. The zero-order chi connectivity index (χ0) is 12.3. The van der Waals surface area contributed by atoms with Crippen LogP contribution in [0.3, 0.4) is 0 Å². The largest absolute Gasteiger partial charge is 0.497 e. The van der Waals surface area contributed by atoms with Crippen LogP contribution in [0.4, 0.5) is 11.6 Å². The number of ether oxygens (including phenoxy) is 1. The molecule has 2 rings (SSSR count). The minimum atomic E-state index is 0.239. The molecule has 0 spiro atoms. The van der Waals surface area contributed by atoms with Crippen molar-refractivity contribution in [1.29, 1.82) is 0 Å². The van der Waals surface area contributed by atoms with E-state index in [1.54, 1.807) is 7.11 Å². The monoisotopic (exact) mass is 230 g/mol. The van der Waals surface area contributed by atoms with Crippen molar-refractivity contribution < 1.29 is 4.74 Å². The van der Waals surface area contributed by atoms with E-state index in [4.69, 9.17) is 16.2 Å². The Bertz CT molecular complexity index is 510. The quantitative estimate of drug-likeness (QED) is 0.828. The van der Waals surface area contributed by atoms with Crippen molar-refractivity contribution in [3.63, 3.8) is 0 Å². The lowest BCUT2D eigenvalue weighted by Crippen LogP contribution is -2.04. The molecule has 0 aliphatic rings. The first-order chi connectivity index (χ1) is 8.19. The van der Waals surface area contributed by atoms with Crippen molar-refractivity contribution in [2.45, 2.75) is 6.42 Å². The average molecular weight is 230 g/mol. The summed E-state index contributed by atoms with van der Waals surface area (Å²) in [4.78, 5) is 7.95. The predicted molar refractivity (Wildman–Crippen MR) is 66.7 cm³/mol. The number of nitrogens with two attached hydrogens (primary N) is 2. The second-order valence-electron chi connectivity index (χ2n) is 3.66.